The van der Waals surface area contributed by atoms with Crippen molar-refractivity contribution in [3.8, 4) is 0 Å². The number of nitrogens with zero attached hydrogens (tertiary/aromatic N) is 2. The Labute approximate surface area is 324 Å². The highest BCUT2D eigenvalue weighted by Gasteiger charge is 2.19. The molecule has 0 saturated heterocycles. The van der Waals surface area contributed by atoms with Crippen LogP contribution in [0.15, 0.2) is 58.5 Å². The normalized spacial score (nSPS) is 12.2. The monoisotopic (exact) mass is 731 g/mol. The summed E-state index contributed by atoms with van der Waals surface area (Å²) in [4.78, 5) is 33.9. The molecule has 53 heavy (non-hydrogen) atoms. The van der Waals surface area contributed by atoms with Crippen molar-refractivity contribution in [2.45, 2.75) is 176 Å². The largest absolute Gasteiger partial charge is 0.465 e. The molecular weight excluding hydrogens is 657 g/mol. The lowest BCUT2D eigenvalue weighted by molar-refractivity contribution is -0.146. The molecule has 0 aliphatic rings. The van der Waals surface area contributed by atoms with Gasteiger partial charge in [0.15, 0.2) is 0 Å². The first-order valence-corrected chi connectivity index (χ1v) is 21.1. The second-order valence-corrected chi connectivity index (χ2v) is 16.5. The van der Waals surface area contributed by atoms with Crippen LogP contribution in [0.2, 0.25) is 0 Å². The topological polar surface area (TPSA) is 77.3 Å². The number of esters is 2. The summed E-state index contributed by atoms with van der Waals surface area (Å²) in [7, 11) is 0. The Morgan fingerprint density at radius 3 is 1.11 bits per heavy atom. The number of hydrogen-bond donors (Lipinski definition) is 0. The molecule has 0 bridgehead atoms. The van der Waals surface area contributed by atoms with Crippen LogP contribution in [0, 0.1) is 10.8 Å². The van der Waals surface area contributed by atoms with Crippen molar-refractivity contribution in [3.05, 3.63) is 59.7 Å². The van der Waals surface area contributed by atoms with E-state index in [0.29, 0.717) is 26.1 Å². The molecule has 0 fully saturated rings. The molecule has 0 aromatic heterocycles. The Kier molecular flexibility index (Phi) is 23.7. The van der Waals surface area contributed by atoms with Crippen molar-refractivity contribution in [1.82, 2.24) is 0 Å². The SMILES string of the molecule is CCCCCCCCCCCC(=O)OCC(C)(C)C=Nc1ccc(Cc2ccc(N=CC(C)(C)COC(=O)CCCCCCCCCCC)cc2)cc1. The molecule has 0 aliphatic heterocycles. The summed E-state index contributed by atoms with van der Waals surface area (Å²) in [5.41, 5.74) is 3.48. The second-order valence-electron chi connectivity index (χ2n) is 16.5. The van der Waals surface area contributed by atoms with Crippen molar-refractivity contribution in [2.75, 3.05) is 13.2 Å². The van der Waals surface area contributed by atoms with Crippen LogP contribution in [0.4, 0.5) is 11.4 Å². The van der Waals surface area contributed by atoms with E-state index in [1.54, 1.807) is 0 Å². The zero-order valence-corrected chi connectivity index (χ0v) is 34.6. The lowest BCUT2D eigenvalue weighted by Gasteiger charge is -2.19. The highest BCUT2D eigenvalue weighted by atomic mass is 16.5. The molecule has 6 nitrogen and oxygen atoms in total. The molecule has 0 saturated carbocycles. The van der Waals surface area contributed by atoms with Crippen LogP contribution in [0.25, 0.3) is 0 Å². The maximum Gasteiger partial charge on any atom is 0.305 e. The van der Waals surface area contributed by atoms with Gasteiger partial charge in [-0.05, 0) is 54.7 Å². The van der Waals surface area contributed by atoms with E-state index in [-0.39, 0.29) is 22.8 Å². The van der Waals surface area contributed by atoms with Crippen LogP contribution in [-0.2, 0) is 25.5 Å². The van der Waals surface area contributed by atoms with Gasteiger partial charge in [-0.2, -0.15) is 0 Å². The molecule has 6 heteroatoms. The maximum atomic E-state index is 12.3. The Balaban J connectivity index is 1.66. The van der Waals surface area contributed by atoms with Gasteiger partial charge in [0.25, 0.3) is 0 Å². The molecule has 2 aromatic rings. The number of carbonyl (C=O) groups is 2. The van der Waals surface area contributed by atoms with E-state index in [2.05, 4.69) is 48.1 Å². The molecule has 2 aromatic carbocycles. The Morgan fingerprint density at radius 1 is 0.491 bits per heavy atom. The van der Waals surface area contributed by atoms with Gasteiger partial charge in [0, 0.05) is 36.1 Å². The van der Waals surface area contributed by atoms with Crippen LogP contribution in [-0.4, -0.2) is 37.6 Å². The molecule has 296 valence electrons. The molecule has 0 spiro atoms. The maximum absolute atomic E-state index is 12.3. The number of hydrogen-bond acceptors (Lipinski definition) is 6. The first-order valence-electron chi connectivity index (χ1n) is 21.1. The molecule has 0 atom stereocenters. The standard InChI is InChI=1S/C47H74N2O4/c1-7-9-11-13-15-17-19-21-23-25-44(50)52-38-46(3,4)36-48-42-31-27-40(28-32-42)35-41-29-33-43(34-30-41)49-37-47(5,6)39-53-45(51)26-24-22-20-18-16-14-12-10-8-2/h27-34,36-37H,7-26,35,38-39H2,1-6H3. The van der Waals surface area contributed by atoms with E-state index in [1.165, 1.54) is 101 Å². The number of ether oxygens (including phenoxy) is 2. The van der Waals surface area contributed by atoms with Crippen LogP contribution < -0.4 is 0 Å². The predicted octanol–water partition coefficient (Wildman–Crippen LogP) is 13.7. The number of aliphatic imine (C=N–C) groups is 2. The molecular formula is C47H74N2O4. The summed E-state index contributed by atoms with van der Waals surface area (Å²) in [6.07, 6.45) is 27.8. The Hall–Kier alpha value is -3.28. The minimum absolute atomic E-state index is 0.111. The number of unbranched alkanes of at least 4 members (excludes halogenated alkanes) is 16. The van der Waals surface area contributed by atoms with Gasteiger partial charge in [-0.3, -0.25) is 19.6 Å². The van der Waals surface area contributed by atoms with Crippen molar-refractivity contribution in [3.63, 3.8) is 0 Å². The fourth-order valence-electron chi connectivity index (χ4n) is 6.05. The van der Waals surface area contributed by atoms with Crippen molar-refractivity contribution >= 4 is 35.7 Å². The van der Waals surface area contributed by atoms with Crippen molar-refractivity contribution < 1.29 is 19.1 Å². The molecule has 0 heterocycles. The van der Waals surface area contributed by atoms with Crippen molar-refractivity contribution in [1.29, 1.82) is 0 Å². The van der Waals surface area contributed by atoms with Crippen molar-refractivity contribution in [2.24, 2.45) is 20.8 Å². The van der Waals surface area contributed by atoms with Gasteiger partial charge < -0.3 is 9.47 Å². The molecule has 2 rings (SSSR count). The lowest BCUT2D eigenvalue weighted by Crippen LogP contribution is -2.23. The number of rotatable bonds is 30. The second kappa shape index (κ2) is 27.3. The summed E-state index contributed by atoms with van der Waals surface area (Å²) in [5.74, 6) is -0.223. The Bertz CT molecular complexity index is 1210. The summed E-state index contributed by atoms with van der Waals surface area (Å²) in [5, 5.41) is 0. The van der Waals surface area contributed by atoms with Crippen LogP contribution >= 0.6 is 0 Å². The number of carbonyl (C=O) groups excluding carboxylic acids is 2. The lowest BCUT2D eigenvalue weighted by atomic mass is 9.97. The summed E-state index contributed by atoms with van der Waals surface area (Å²) < 4.78 is 11.2. The zero-order chi connectivity index (χ0) is 38.6. The minimum Gasteiger partial charge on any atom is -0.465 e. The molecule has 0 unspecified atom stereocenters. The first-order chi connectivity index (χ1) is 25.5. The average molecular weight is 731 g/mol. The van der Waals surface area contributed by atoms with E-state index in [9.17, 15) is 9.59 Å². The van der Waals surface area contributed by atoms with E-state index in [1.807, 2.05) is 64.4 Å². The molecule has 0 aliphatic carbocycles. The van der Waals surface area contributed by atoms with E-state index in [4.69, 9.17) is 9.47 Å². The van der Waals surface area contributed by atoms with Gasteiger partial charge >= 0.3 is 11.9 Å². The predicted molar refractivity (Wildman–Crippen MR) is 225 cm³/mol. The van der Waals surface area contributed by atoms with Crippen LogP contribution in [0.5, 0.6) is 0 Å². The van der Waals surface area contributed by atoms with E-state index in [0.717, 1.165) is 43.5 Å². The fraction of sp³-hybridized carbons (Fsp3) is 0.660. The quantitative estimate of drug-likeness (QED) is 0.0455. The Morgan fingerprint density at radius 2 is 0.792 bits per heavy atom. The van der Waals surface area contributed by atoms with Crippen LogP contribution in [0.3, 0.4) is 0 Å². The van der Waals surface area contributed by atoms with Gasteiger partial charge in [0.2, 0.25) is 0 Å². The molecule has 0 N–H and O–H groups in total. The molecule has 0 radical (unpaired) electrons. The van der Waals surface area contributed by atoms with Gasteiger partial charge in [-0.15, -0.1) is 0 Å². The highest BCUT2D eigenvalue weighted by Crippen LogP contribution is 2.22. The summed E-state index contributed by atoms with van der Waals surface area (Å²) in [6.45, 7) is 13.3. The average Bonchev–Trinajstić information content (AvgIpc) is 3.14. The highest BCUT2D eigenvalue weighted by molar-refractivity contribution is 5.73. The first kappa shape index (κ1) is 45.9. The molecule has 0 amide bonds. The zero-order valence-electron chi connectivity index (χ0n) is 34.6. The third kappa shape index (κ3) is 23.9. The van der Waals surface area contributed by atoms with Gasteiger partial charge in [-0.25, -0.2) is 0 Å². The minimum atomic E-state index is -0.344. The van der Waals surface area contributed by atoms with Gasteiger partial charge in [0.05, 0.1) is 11.4 Å². The smallest absolute Gasteiger partial charge is 0.305 e. The fourth-order valence-corrected chi connectivity index (χ4v) is 6.05. The van der Waals surface area contributed by atoms with E-state index >= 15 is 0 Å². The summed E-state index contributed by atoms with van der Waals surface area (Å²) >= 11 is 0. The van der Waals surface area contributed by atoms with Gasteiger partial charge in [0.1, 0.15) is 13.2 Å². The third-order valence-corrected chi connectivity index (χ3v) is 9.59. The third-order valence-electron chi connectivity index (χ3n) is 9.59. The van der Waals surface area contributed by atoms with E-state index < -0.39 is 0 Å². The summed E-state index contributed by atoms with van der Waals surface area (Å²) in [6, 6.07) is 16.5. The number of benzene rings is 2. The van der Waals surface area contributed by atoms with Gasteiger partial charge in [-0.1, -0.05) is 169 Å². The van der Waals surface area contributed by atoms with Crippen LogP contribution in [0.1, 0.15) is 181 Å².